The van der Waals surface area contributed by atoms with Crippen molar-refractivity contribution in [2.24, 2.45) is 0 Å². The predicted molar refractivity (Wildman–Crippen MR) is 78.3 cm³/mol. The van der Waals surface area contributed by atoms with Crippen LogP contribution in [-0.2, 0) is 12.8 Å². The molecule has 1 aromatic rings. The monoisotopic (exact) mass is 259 g/mol. The van der Waals surface area contributed by atoms with Gasteiger partial charge < -0.3 is 10.4 Å². The highest BCUT2D eigenvalue weighted by molar-refractivity contribution is 5.36. The Morgan fingerprint density at radius 1 is 1.00 bits per heavy atom. The van der Waals surface area contributed by atoms with Crippen molar-refractivity contribution in [1.29, 1.82) is 0 Å². The molecule has 2 aliphatic rings. The molecule has 0 atom stereocenters. The number of nitrogens with one attached hydrogen (secondary N) is 1. The van der Waals surface area contributed by atoms with Gasteiger partial charge in [-0.15, -0.1) is 0 Å². The molecule has 2 N–H and O–H groups in total. The summed E-state index contributed by atoms with van der Waals surface area (Å²) in [5.41, 5.74) is 2.73. The van der Waals surface area contributed by atoms with Gasteiger partial charge in [0.15, 0.2) is 0 Å². The number of hydrogen-bond acceptors (Lipinski definition) is 2. The predicted octanol–water partition coefficient (Wildman–Crippen LogP) is 2.83. The fraction of sp³-hybridized carbons (Fsp3) is 0.647. The van der Waals surface area contributed by atoms with Crippen molar-refractivity contribution in [3.8, 4) is 0 Å². The van der Waals surface area contributed by atoms with E-state index in [1.54, 1.807) is 0 Å². The molecular formula is C17H25NO. The van der Waals surface area contributed by atoms with E-state index in [0.29, 0.717) is 6.04 Å². The first-order chi connectivity index (χ1) is 9.31. The summed E-state index contributed by atoms with van der Waals surface area (Å²) in [6.45, 7) is 0.248. The van der Waals surface area contributed by atoms with E-state index < -0.39 is 0 Å². The topological polar surface area (TPSA) is 32.3 Å². The van der Waals surface area contributed by atoms with Crippen LogP contribution in [0, 0.1) is 0 Å². The molecule has 0 amide bonds. The van der Waals surface area contributed by atoms with Gasteiger partial charge in [0.25, 0.3) is 0 Å². The van der Waals surface area contributed by atoms with Gasteiger partial charge in [0, 0.05) is 11.6 Å². The third-order valence-electron chi connectivity index (χ3n) is 4.84. The van der Waals surface area contributed by atoms with Crippen LogP contribution in [0.25, 0.3) is 0 Å². The maximum atomic E-state index is 9.93. The summed E-state index contributed by atoms with van der Waals surface area (Å²) >= 11 is 0. The largest absolute Gasteiger partial charge is 0.394 e. The molecule has 1 saturated carbocycles. The standard InChI is InChI=1S/C17H25NO/c19-13-17(18-16-9-3-1-2-4-10-16)11-14-7-5-6-8-15(14)12-17/h5-8,16,18-19H,1-4,9-13H2. The van der Waals surface area contributed by atoms with Crippen LogP contribution < -0.4 is 5.32 Å². The fourth-order valence-electron chi connectivity index (χ4n) is 3.81. The first-order valence-electron chi connectivity index (χ1n) is 7.77. The molecule has 1 fully saturated rings. The molecule has 0 radical (unpaired) electrons. The molecule has 0 spiro atoms. The van der Waals surface area contributed by atoms with Crippen molar-refractivity contribution in [2.75, 3.05) is 6.61 Å². The second-order valence-corrected chi connectivity index (χ2v) is 6.39. The van der Waals surface area contributed by atoms with Gasteiger partial charge in [0.05, 0.1) is 6.61 Å². The number of rotatable bonds is 3. The van der Waals surface area contributed by atoms with Crippen molar-refractivity contribution in [3.05, 3.63) is 35.4 Å². The van der Waals surface area contributed by atoms with Crippen molar-refractivity contribution >= 4 is 0 Å². The Kier molecular flexibility index (Phi) is 3.90. The van der Waals surface area contributed by atoms with E-state index in [1.807, 2.05) is 0 Å². The molecule has 0 saturated heterocycles. The molecule has 104 valence electrons. The Labute approximate surface area is 116 Å². The smallest absolute Gasteiger partial charge is 0.0619 e. The Balaban J connectivity index is 1.71. The van der Waals surface area contributed by atoms with Crippen molar-refractivity contribution < 1.29 is 5.11 Å². The Bertz CT molecular complexity index is 396. The minimum Gasteiger partial charge on any atom is -0.394 e. The lowest BCUT2D eigenvalue weighted by Crippen LogP contribution is -2.53. The highest BCUT2D eigenvalue weighted by atomic mass is 16.3. The van der Waals surface area contributed by atoms with Crippen LogP contribution in [-0.4, -0.2) is 23.3 Å². The van der Waals surface area contributed by atoms with E-state index in [9.17, 15) is 5.11 Å². The van der Waals surface area contributed by atoms with Gasteiger partial charge in [-0.2, -0.15) is 0 Å². The molecule has 2 aliphatic carbocycles. The number of aliphatic hydroxyl groups excluding tert-OH is 1. The molecular weight excluding hydrogens is 234 g/mol. The second kappa shape index (κ2) is 5.64. The first-order valence-corrected chi connectivity index (χ1v) is 7.77. The summed E-state index contributed by atoms with van der Waals surface area (Å²) in [5.74, 6) is 0. The highest BCUT2D eigenvalue weighted by Crippen LogP contribution is 2.31. The van der Waals surface area contributed by atoms with Gasteiger partial charge in [0.2, 0.25) is 0 Å². The van der Waals surface area contributed by atoms with Crippen LogP contribution in [0.1, 0.15) is 49.7 Å². The third-order valence-corrected chi connectivity index (χ3v) is 4.84. The first kappa shape index (κ1) is 13.1. The average molecular weight is 259 g/mol. The molecule has 0 bridgehead atoms. The molecule has 19 heavy (non-hydrogen) atoms. The normalized spacial score (nSPS) is 23.0. The van der Waals surface area contributed by atoms with Crippen LogP contribution >= 0.6 is 0 Å². The van der Waals surface area contributed by atoms with Crippen LogP contribution in [0.2, 0.25) is 0 Å². The molecule has 2 heteroatoms. The minimum absolute atomic E-state index is 0.0985. The van der Waals surface area contributed by atoms with Crippen molar-refractivity contribution in [1.82, 2.24) is 5.32 Å². The molecule has 2 nitrogen and oxygen atoms in total. The molecule has 0 heterocycles. The quantitative estimate of drug-likeness (QED) is 0.818. The number of fused-ring (bicyclic) bond motifs is 1. The lowest BCUT2D eigenvalue weighted by Gasteiger charge is -2.33. The summed E-state index contributed by atoms with van der Waals surface area (Å²) in [6.07, 6.45) is 9.95. The van der Waals surface area contributed by atoms with Crippen molar-refractivity contribution in [3.63, 3.8) is 0 Å². The maximum Gasteiger partial charge on any atom is 0.0619 e. The van der Waals surface area contributed by atoms with Gasteiger partial charge in [-0.25, -0.2) is 0 Å². The summed E-state index contributed by atoms with van der Waals surface area (Å²) in [6, 6.07) is 9.24. The number of aliphatic hydroxyl groups is 1. The van der Waals surface area contributed by atoms with E-state index in [4.69, 9.17) is 0 Å². The van der Waals surface area contributed by atoms with E-state index in [2.05, 4.69) is 29.6 Å². The Morgan fingerprint density at radius 2 is 1.58 bits per heavy atom. The number of hydrogen-bond donors (Lipinski definition) is 2. The van der Waals surface area contributed by atoms with Gasteiger partial charge in [-0.3, -0.25) is 0 Å². The minimum atomic E-state index is -0.0985. The molecule has 0 unspecified atom stereocenters. The average Bonchev–Trinajstić information content (AvgIpc) is 2.61. The van der Waals surface area contributed by atoms with Gasteiger partial charge in [-0.05, 0) is 36.8 Å². The SMILES string of the molecule is OCC1(NC2CCCCCC2)Cc2ccccc2C1. The van der Waals surface area contributed by atoms with Crippen LogP contribution in [0.4, 0.5) is 0 Å². The third kappa shape index (κ3) is 2.85. The number of benzene rings is 1. The van der Waals surface area contributed by atoms with E-state index in [-0.39, 0.29) is 12.1 Å². The zero-order valence-electron chi connectivity index (χ0n) is 11.7. The molecule has 0 aliphatic heterocycles. The Morgan fingerprint density at radius 3 is 2.11 bits per heavy atom. The van der Waals surface area contributed by atoms with E-state index >= 15 is 0 Å². The van der Waals surface area contributed by atoms with Crippen LogP contribution in [0.3, 0.4) is 0 Å². The summed E-state index contributed by atoms with van der Waals surface area (Å²) < 4.78 is 0. The van der Waals surface area contributed by atoms with Crippen LogP contribution in [0.15, 0.2) is 24.3 Å². The maximum absolute atomic E-state index is 9.93. The molecule has 3 rings (SSSR count). The second-order valence-electron chi connectivity index (χ2n) is 6.39. The summed E-state index contributed by atoms with van der Waals surface area (Å²) in [5, 5.41) is 13.7. The lowest BCUT2D eigenvalue weighted by atomic mass is 9.94. The fourth-order valence-corrected chi connectivity index (χ4v) is 3.81. The van der Waals surface area contributed by atoms with Crippen molar-refractivity contribution in [2.45, 2.75) is 62.9 Å². The lowest BCUT2D eigenvalue weighted by molar-refractivity contribution is 0.149. The zero-order chi connectivity index (χ0) is 13.1. The van der Waals surface area contributed by atoms with Gasteiger partial charge in [0.1, 0.15) is 0 Å². The van der Waals surface area contributed by atoms with Gasteiger partial charge in [-0.1, -0.05) is 49.9 Å². The molecule has 0 aromatic heterocycles. The van der Waals surface area contributed by atoms with Gasteiger partial charge >= 0.3 is 0 Å². The van der Waals surface area contributed by atoms with Crippen LogP contribution in [0.5, 0.6) is 0 Å². The van der Waals surface area contributed by atoms with E-state index in [0.717, 1.165) is 12.8 Å². The molecule has 1 aromatic carbocycles. The highest BCUT2D eigenvalue weighted by Gasteiger charge is 2.37. The summed E-state index contributed by atoms with van der Waals surface area (Å²) in [7, 11) is 0. The zero-order valence-corrected chi connectivity index (χ0v) is 11.7. The summed E-state index contributed by atoms with van der Waals surface area (Å²) in [4.78, 5) is 0. The Hall–Kier alpha value is -0.860. The van der Waals surface area contributed by atoms with E-state index in [1.165, 1.54) is 49.7 Å².